The van der Waals surface area contributed by atoms with E-state index in [1.165, 1.54) is 23.0 Å². The molecular formula is C16H17F3N2O4. The number of hydrogen-bond donors (Lipinski definition) is 0. The lowest BCUT2D eigenvalue weighted by Gasteiger charge is -2.09. The van der Waals surface area contributed by atoms with Gasteiger partial charge in [0.15, 0.2) is 0 Å². The molecule has 0 spiro atoms. The molecule has 0 bridgehead atoms. The number of esters is 1. The van der Waals surface area contributed by atoms with Crippen molar-refractivity contribution in [3.05, 3.63) is 36.0 Å². The Morgan fingerprint density at radius 3 is 2.40 bits per heavy atom. The fourth-order valence-electron chi connectivity index (χ4n) is 1.95. The van der Waals surface area contributed by atoms with Crippen LogP contribution in [0.3, 0.4) is 0 Å². The molecule has 0 saturated heterocycles. The van der Waals surface area contributed by atoms with Crippen molar-refractivity contribution in [1.29, 1.82) is 0 Å². The summed E-state index contributed by atoms with van der Waals surface area (Å²) in [7, 11) is 0. The van der Waals surface area contributed by atoms with Crippen molar-refractivity contribution in [3.63, 3.8) is 0 Å². The molecule has 136 valence electrons. The number of ether oxygens (including phenoxy) is 3. The Bertz CT molecular complexity index is 724. The van der Waals surface area contributed by atoms with Gasteiger partial charge in [-0.25, -0.2) is 9.48 Å². The van der Waals surface area contributed by atoms with E-state index in [0.717, 1.165) is 12.1 Å². The van der Waals surface area contributed by atoms with E-state index in [-0.39, 0.29) is 29.9 Å². The first-order valence-electron chi connectivity index (χ1n) is 7.49. The van der Waals surface area contributed by atoms with E-state index in [1.807, 2.05) is 0 Å². The standard InChI is InChI=1S/C16H17F3N2O4/c1-4-23-15(22)13-9-21(20-14(13)24-10(2)3)11-5-7-12(8-6-11)25-16(17,18)19/h5-10H,4H2,1-3H3. The molecule has 0 amide bonds. The van der Waals surface area contributed by atoms with Crippen LogP contribution in [0.15, 0.2) is 30.5 Å². The molecule has 0 unspecified atom stereocenters. The SMILES string of the molecule is CCOC(=O)c1cn(-c2ccc(OC(F)(F)F)cc2)nc1OC(C)C. The van der Waals surface area contributed by atoms with Gasteiger partial charge < -0.3 is 14.2 Å². The number of hydrogen-bond acceptors (Lipinski definition) is 5. The summed E-state index contributed by atoms with van der Waals surface area (Å²) in [5.41, 5.74) is 0.560. The molecule has 0 aliphatic carbocycles. The number of rotatable bonds is 6. The summed E-state index contributed by atoms with van der Waals surface area (Å²) in [6.07, 6.45) is -3.59. The Morgan fingerprint density at radius 2 is 1.88 bits per heavy atom. The first-order valence-corrected chi connectivity index (χ1v) is 7.49. The van der Waals surface area contributed by atoms with Gasteiger partial charge in [-0.05, 0) is 45.0 Å². The highest BCUT2D eigenvalue weighted by molar-refractivity contribution is 5.91. The number of carbonyl (C=O) groups is 1. The first-order chi connectivity index (χ1) is 11.7. The van der Waals surface area contributed by atoms with Crippen LogP contribution in [0.4, 0.5) is 13.2 Å². The normalized spacial score (nSPS) is 11.5. The van der Waals surface area contributed by atoms with Crippen LogP contribution in [0.5, 0.6) is 11.6 Å². The highest BCUT2D eigenvalue weighted by Crippen LogP contribution is 2.25. The van der Waals surface area contributed by atoms with Gasteiger partial charge >= 0.3 is 12.3 Å². The van der Waals surface area contributed by atoms with Gasteiger partial charge in [0, 0.05) is 6.20 Å². The van der Waals surface area contributed by atoms with Crippen molar-refractivity contribution in [2.45, 2.75) is 33.2 Å². The van der Waals surface area contributed by atoms with Gasteiger partial charge in [0.25, 0.3) is 0 Å². The van der Waals surface area contributed by atoms with E-state index in [9.17, 15) is 18.0 Å². The van der Waals surface area contributed by atoms with Gasteiger partial charge in [0.05, 0.1) is 18.4 Å². The second kappa shape index (κ2) is 7.45. The molecule has 1 heterocycles. The lowest BCUT2D eigenvalue weighted by atomic mass is 10.3. The zero-order valence-corrected chi connectivity index (χ0v) is 13.8. The van der Waals surface area contributed by atoms with Crippen molar-refractivity contribution in [2.75, 3.05) is 6.61 Å². The van der Waals surface area contributed by atoms with Crippen LogP contribution in [-0.4, -0.2) is 34.8 Å². The fourth-order valence-corrected chi connectivity index (χ4v) is 1.95. The van der Waals surface area contributed by atoms with Crippen molar-refractivity contribution < 1.29 is 32.2 Å². The Hall–Kier alpha value is -2.71. The third kappa shape index (κ3) is 5.13. The zero-order chi connectivity index (χ0) is 18.6. The summed E-state index contributed by atoms with van der Waals surface area (Å²) in [5.74, 6) is -0.863. The van der Waals surface area contributed by atoms with Crippen LogP contribution in [0.1, 0.15) is 31.1 Å². The molecule has 0 saturated carbocycles. The first kappa shape index (κ1) is 18.6. The van der Waals surface area contributed by atoms with Crippen molar-refractivity contribution in [1.82, 2.24) is 9.78 Å². The van der Waals surface area contributed by atoms with Crippen molar-refractivity contribution >= 4 is 5.97 Å². The molecule has 9 heteroatoms. The number of alkyl halides is 3. The number of carbonyl (C=O) groups excluding carboxylic acids is 1. The number of halogens is 3. The fraction of sp³-hybridized carbons (Fsp3) is 0.375. The number of aromatic nitrogens is 2. The van der Waals surface area contributed by atoms with Crippen LogP contribution >= 0.6 is 0 Å². The second-order valence-electron chi connectivity index (χ2n) is 5.22. The molecule has 2 aromatic rings. The molecule has 1 aromatic carbocycles. The summed E-state index contributed by atoms with van der Waals surface area (Å²) < 4.78 is 52.2. The third-order valence-corrected chi connectivity index (χ3v) is 2.86. The minimum Gasteiger partial charge on any atom is -0.473 e. The maximum absolute atomic E-state index is 12.2. The van der Waals surface area contributed by atoms with Gasteiger partial charge in [-0.3, -0.25) is 0 Å². The Kier molecular flexibility index (Phi) is 5.55. The maximum atomic E-state index is 12.2. The Morgan fingerprint density at radius 1 is 1.24 bits per heavy atom. The van der Waals surface area contributed by atoms with E-state index >= 15 is 0 Å². The van der Waals surface area contributed by atoms with Crippen molar-refractivity contribution in [3.8, 4) is 17.3 Å². The average molecular weight is 358 g/mol. The van der Waals surface area contributed by atoms with Crippen LogP contribution in [0.2, 0.25) is 0 Å². The van der Waals surface area contributed by atoms with E-state index in [2.05, 4.69) is 9.84 Å². The lowest BCUT2D eigenvalue weighted by Crippen LogP contribution is -2.17. The predicted octanol–water partition coefficient (Wildman–Crippen LogP) is 3.73. The second-order valence-corrected chi connectivity index (χ2v) is 5.22. The highest BCUT2D eigenvalue weighted by atomic mass is 19.4. The topological polar surface area (TPSA) is 62.6 Å². The van der Waals surface area contributed by atoms with E-state index < -0.39 is 12.3 Å². The largest absolute Gasteiger partial charge is 0.573 e. The Balaban J connectivity index is 2.30. The molecule has 0 fully saturated rings. The molecule has 25 heavy (non-hydrogen) atoms. The monoisotopic (exact) mass is 358 g/mol. The minimum absolute atomic E-state index is 0.0871. The molecule has 0 aliphatic heterocycles. The Labute approximate surface area is 142 Å². The quantitative estimate of drug-likeness (QED) is 0.736. The molecule has 2 rings (SSSR count). The lowest BCUT2D eigenvalue weighted by molar-refractivity contribution is -0.274. The summed E-state index contributed by atoms with van der Waals surface area (Å²) in [6.45, 7) is 5.41. The van der Waals surface area contributed by atoms with Gasteiger partial charge in [0.1, 0.15) is 11.3 Å². The highest BCUT2D eigenvalue weighted by Gasteiger charge is 2.31. The molecular weight excluding hydrogens is 341 g/mol. The summed E-state index contributed by atoms with van der Waals surface area (Å²) in [5, 5.41) is 4.16. The van der Waals surface area contributed by atoms with Crippen LogP contribution in [-0.2, 0) is 4.74 Å². The van der Waals surface area contributed by atoms with E-state index in [4.69, 9.17) is 9.47 Å². The number of benzene rings is 1. The molecule has 0 atom stereocenters. The van der Waals surface area contributed by atoms with Gasteiger partial charge in [0.2, 0.25) is 5.88 Å². The molecule has 0 aliphatic rings. The van der Waals surface area contributed by atoms with Gasteiger partial charge in [-0.2, -0.15) is 0 Å². The van der Waals surface area contributed by atoms with Crippen LogP contribution in [0.25, 0.3) is 5.69 Å². The maximum Gasteiger partial charge on any atom is 0.573 e. The molecule has 0 radical (unpaired) electrons. The number of nitrogens with zero attached hydrogens (tertiary/aromatic N) is 2. The van der Waals surface area contributed by atoms with E-state index in [1.54, 1.807) is 20.8 Å². The van der Waals surface area contributed by atoms with Crippen LogP contribution < -0.4 is 9.47 Å². The zero-order valence-electron chi connectivity index (χ0n) is 13.8. The molecule has 6 nitrogen and oxygen atoms in total. The van der Waals surface area contributed by atoms with Crippen LogP contribution in [0, 0.1) is 0 Å². The molecule has 0 N–H and O–H groups in total. The summed E-state index contributed by atoms with van der Waals surface area (Å²) in [6, 6.07) is 5.05. The van der Waals surface area contributed by atoms with E-state index in [0.29, 0.717) is 5.69 Å². The summed E-state index contributed by atoms with van der Waals surface area (Å²) in [4.78, 5) is 12.0. The average Bonchev–Trinajstić information content (AvgIpc) is 2.89. The molecule has 1 aromatic heterocycles. The smallest absolute Gasteiger partial charge is 0.473 e. The van der Waals surface area contributed by atoms with Gasteiger partial charge in [-0.1, -0.05) is 0 Å². The third-order valence-electron chi connectivity index (χ3n) is 2.86. The van der Waals surface area contributed by atoms with Crippen molar-refractivity contribution in [2.24, 2.45) is 0 Å². The minimum atomic E-state index is -4.76. The summed E-state index contributed by atoms with van der Waals surface area (Å²) >= 11 is 0. The van der Waals surface area contributed by atoms with Gasteiger partial charge in [-0.15, -0.1) is 18.3 Å². The predicted molar refractivity (Wildman–Crippen MR) is 82.0 cm³/mol.